The number of carbonyl (C=O) groups excluding carboxylic acids is 3. The van der Waals surface area contributed by atoms with Crippen molar-refractivity contribution in [2.45, 2.75) is 70.7 Å². The van der Waals surface area contributed by atoms with Crippen molar-refractivity contribution in [3.8, 4) is 0 Å². The third-order valence-electron chi connectivity index (χ3n) is 4.70. The van der Waals surface area contributed by atoms with Crippen molar-refractivity contribution >= 4 is 23.9 Å². The molecule has 0 bridgehead atoms. The summed E-state index contributed by atoms with van der Waals surface area (Å²) in [6, 6.07) is 7.11. The van der Waals surface area contributed by atoms with Crippen molar-refractivity contribution in [3.05, 3.63) is 35.9 Å². The number of alkyl carbamates (subject to hydrolysis) is 1. The van der Waals surface area contributed by atoms with E-state index in [0.717, 1.165) is 5.56 Å². The summed E-state index contributed by atoms with van der Waals surface area (Å²) in [6.07, 6.45) is 0.0756. The molecule has 2 amide bonds. The molecule has 9 heteroatoms. The molecule has 9 nitrogen and oxygen atoms in total. The topological polar surface area (TPSA) is 122 Å². The molecule has 1 aliphatic rings. The molecule has 170 valence electrons. The summed E-state index contributed by atoms with van der Waals surface area (Å²) in [5.41, 5.74) is 0.0205. The zero-order valence-corrected chi connectivity index (χ0v) is 18.1. The predicted octanol–water partition coefficient (Wildman–Crippen LogP) is 2.48. The van der Waals surface area contributed by atoms with E-state index in [0.29, 0.717) is 19.4 Å². The van der Waals surface area contributed by atoms with Crippen molar-refractivity contribution in [3.63, 3.8) is 0 Å². The number of carboxylic acid groups (broad SMARTS) is 1. The van der Waals surface area contributed by atoms with Crippen LogP contribution in [-0.2, 0) is 30.5 Å². The van der Waals surface area contributed by atoms with Crippen LogP contribution in [0.2, 0.25) is 0 Å². The van der Waals surface area contributed by atoms with Gasteiger partial charge >= 0.3 is 18.0 Å². The highest BCUT2D eigenvalue weighted by Gasteiger charge is 2.34. The molecule has 1 fully saturated rings. The lowest BCUT2D eigenvalue weighted by atomic mass is 10.1. The number of aliphatic carboxylic acids is 1. The minimum absolute atomic E-state index is 0.0212. The number of esters is 1. The van der Waals surface area contributed by atoms with Crippen LogP contribution in [0.25, 0.3) is 0 Å². The summed E-state index contributed by atoms with van der Waals surface area (Å²) in [7, 11) is 0. The van der Waals surface area contributed by atoms with Gasteiger partial charge < -0.3 is 24.8 Å². The van der Waals surface area contributed by atoms with Gasteiger partial charge in [0.2, 0.25) is 5.91 Å². The van der Waals surface area contributed by atoms with Gasteiger partial charge in [-0.25, -0.2) is 14.4 Å². The second kappa shape index (κ2) is 10.8. The smallest absolute Gasteiger partial charge is 0.408 e. The number of rotatable bonds is 8. The summed E-state index contributed by atoms with van der Waals surface area (Å²) in [4.78, 5) is 50.0. The molecule has 0 radical (unpaired) electrons. The molecule has 2 N–H and O–H groups in total. The Hall–Kier alpha value is -3.10. The van der Waals surface area contributed by atoms with Crippen LogP contribution in [0.5, 0.6) is 0 Å². The minimum atomic E-state index is -1.10. The molecule has 2 rings (SSSR count). The van der Waals surface area contributed by atoms with Crippen LogP contribution in [0.1, 0.15) is 52.0 Å². The monoisotopic (exact) mass is 434 g/mol. The maximum Gasteiger partial charge on any atom is 0.408 e. The molecular formula is C22H30N2O7. The Kier molecular flexibility index (Phi) is 8.41. The van der Waals surface area contributed by atoms with Gasteiger partial charge in [0.15, 0.2) is 0 Å². The highest BCUT2D eigenvalue weighted by molar-refractivity contribution is 5.86. The van der Waals surface area contributed by atoms with Crippen molar-refractivity contribution in [2.24, 2.45) is 0 Å². The lowest BCUT2D eigenvalue weighted by molar-refractivity contribution is -0.150. The number of benzene rings is 1. The number of carboxylic acids is 1. The highest BCUT2D eigenvalue weighted by Crippen LogP contribution is 2.19. The van der Waals surface area contributed by atoms with E-state index in [1.54, 1.807) is 32.9 Å². The molecule has 2 atom stereocenters. The number of ether oxygens (including phenoxy) is 2. The summed E-state index contributed by atoms with van der Waals surface area (Å²) >= 11 is 0. The minimum Gasteiger partial charge on any atom is -0.480 e. The van der Waals surface area contributed by atoms with E-state index in [4.69, 9.17) is 9.47 Å². The molecule has 1 aliphatic heterocycles. The van der Waals surface area contributed by atoms with Crippen LogP contribution in [0.3, 0.4) is 0 Å². The average Bonchev–Trinajstić information content (AvgIpc) is 3.19. The molecular weight excluding hydrogens is 404 g/mol. The number of nitrogens with one attached hydrogen (secondary N) is 1. The molecule has 0 unspecified atom stereocenters. The van der Waals surface area contributed by atoms with Gasteiger partial charge in [0.25, 0.3) is 0 Å². The molecule has 0 aliphatic carbocycles. The standard InChI is InChI=1S/C22H30N2O7/c1-22(2,3)31-21(29)23-16(20(28)30-14-15-8-5-4-6-9-15)11-12-18(25)24-13-7-10-17(24)19(26)27/h4-6,8-9,16-17H,7,10-14H2,1-3H3,(H,23,29)(H,26,27)/t16-,17-/m0/s1. The average molecular weight is 434 g/mol. The quantitative estimate of drug-likeness (QED) is 0.603. The molecule has 1 saturated heterocycles. The maximum atomic E-state index is 12.6. The summed E-state index contributed by atoms with van der Waals surface area (Å²) in [5, 5.41) is 11.7. The van der Waals surface area contributed by atoms with Crippen LogP contribution in [0.4, 0.5) is 4.79 Å². The fourth-order valence-electron chi connectivity index (χ4n) is 3.26. The first kappa shape index (κ1) is 24.2. The maximum absolute atomic E-state index is 12.6. The fourth-order valence-corrected chi connectivity index (χ4v) is 3.26. The molecule has 0 aromatic heterocycles. The van der Waals surface area contributed by atoms with Crippen LogP contribution in [-0.4, -0.2) is 58.2 Å². The van der Waals surface area contributed by atoms with E-state index in [1.807, 2.05) is 18.2 Å². The second-order valence-electron chi connectivity index (χ2n) is 8.41. The number of hydrogen-bond acceptors (Lipinski definition) is 6. The van der Waals surface area contributed by atoms with Crippen molar-refractivity contribution in [2.75, 3.05) is 6.54 Å². The number of hydrogen-bond donors (Lipinski definition) is 2. The van der Waals surface area contributed by atoms with Gasteiger partial charge in [0.05, 0.1) is 0 Å². The first-order chi connectivity index (χ1) is 14.6. The van der Waals surface area contributed by atoms with E-state index >= 15 is 0 Å². The number of nitrogens with zero attached hydrogens (tertiary/aromatic N) is 1. The number of amides is 2. The predicted molar refractivity (Wildman–Crippen MR) is 111 cm³/mol. The Morgan fingerprint density at radius 2 is 1.87 bits per heavy atom. The van der Waals surface area contributed by atoms with Crippen molar-refractivity contribution < 1.29 is 33.8 Å². The van der Waals surface area contributed by atoms with Crippen molar-refractivity contribution in [1.29, 1.82) is 0 Å². The van der Waals surface area contributed by atoms with Gasteiger partial charge in [-0.2, -0.15) is 0 Å². The Morgan fingerprint density at radius 1 is 1.19 bits per heavy atom. The van der Waals surface area contributed by atoms with Gasteiger partial charge in [-0.3, -0.25) is 4.79 Å². The molecule has 0 saturated carbocycles. The van der Waals surface area contributed by atoms with Crippen LogP contribution >= 0.6 is 0 Å². The summed E-state index contributed by atoms with van der Waals surface area (Å²) in [6.45, 7) is 5.46. The van der Waals surface area contributed by atoms with Crippen molar-refractivity contribution in [1.82, 2.24) is 10.2 Å². The third-order valence-corrected chi connectivity index (χ3v) is 4.70. The van der Waals surface area contributed by atoms with E-state index in [9.17, 15) is 24.3 Å². The summed E-state index contributed by atoms with van der Waals surface area (Å²) < 4.78 is 10.5. The van der Waals surface area contributed by atoms with E-state index in [2.05, 4.69) is 5.32 Å². The van der Waals surface area contributed by atoms with E-state index in [1.165, 1.54) is 4.90 Å². The lowest BCUT2D eigenvalue weighted by Gasteiger charge is -2.24. The zero-order valence-electron chi connectivity index (χ0n) is 18.1. The molecule has 1 heterocycles. The van der Waals surface area contributed by atoms with Gasteiger partial charge in [-0.1, -0.05) is 30.3 Å². The lowest BCUT2D eigenvalue weighted by Crippen LogP contribution is -2.45. The molecule has 1 aromatic rings. The SMILES string of the molecule is CC(C)(C)OC(=O)N[C@@H](CCC(=O)N1CCC[C@H]1C(=O)O)C(=O)OCc1ccccc1. The first-order valence-electron chi connectivity index (χ1n) is 10.3. The Morgan fingerprint density at radius 3 is 2.48 bits per heavy atom. The number of carbonyl (C=O) groups is 4. The Labute approximate surface area is 181 Å². The largest absolute Gasteiger partial charge is 0.480 e. The Bertz CT molecular complexity index is 789. The highest BCUT2D eigenvalue weighted by atomic mass is 16.6. The van der Waals surface area contributed by atoms with E-state index in [-0.39, 0.29) is 25.4 Å². The summed E-state index contributed by atoms with van der Waals surface area (Å²) in [5.74, 6) is -2.12. The van der Waals surface area contributed by atoms with Gasteiger partial charge in [-0.15, -0.1) is 0 Å². The number of likely N-dealkylation sites (tertiary alicyclic amines) is 1. The van der Waals surface area contributed by atoms with Crippen LogP contribution < -0.4 is 5.32 Å². The molecule has 1 aromatic carbocycles. The van der Waals surface area contributed by atoms with Crippen LogP contribution in [0.15, 0.2) is 30.3 Å². The van der Waals surface area contributed by atoms with Gasteiger partial charge in [0, 0.05) is 13.0 Å². The van der Waals surface area contributed by atoms with Crippen LogP contribution in [0, 0.1) is 0 Å². The molecule has 0 spiro atoms. The zero-order chi connectivity index (χ0) is 23.0. The molecule has 31 heavy (non-hydrogen) atoms. The third kappa shape index (κ3) is 7.92. The van der Waals surface area contributed by atoms with Gasteiger partial charge in [0.1, 0.15) is 24.3 Å². The van der Waals surface area contributed by atoms with E-state index < -0.39 is 35.7 Å². The van der Waals surface area contributed by atoms with Gasteiger partial charge in [-0.05, 0) is 45.6 Å². The Balaban J connectivity index is 2.00. The fraction of sp³-hybridized carbons (Fsp3) is 0.545. The second-order valence-corrected chi connectivity index (χ2v) is 8.41. The normalized spacial score (nSPS) is 17.0. The first-order valence-corrected chi connectivity index (χ1v) is 10.3.